The van der Waals surface area contributed by atoms with Gasteiger partial charge in [0.25, 0.3) is 5.91 Å². The van der Waals surface area contributed by atoms with Crippen LogP contribution in [0, 0.1) is 12.8 Å². The summed E-state index contributed by atoms with van der Waals surface area (Å²) in [5, 5.41) is 7.32. The van der Waals surface area contributed by atoms with Gasteiger partial charge in [0.15, 0.2) is 0 Å². The SMILES string of the molecule is Cc1cc(NC(=O)c2ccc(S(=O)(=O)N3CCCC(C)C3)cc2)n(-c2ccccc2)n1. The first-order valence-corrected chi connectivity index (χ1v) is 11.8. The Balaban J connectivity index is 1.52. The van der Waals surface area contributed by atoms with Crippen LogP contribution in [0.3, 0.4) is 0 Å². The number of rotatable bonds is 5. The number of sulfonamides is 1. The van der Waals surface area contributed by atoms with E-state index in [1.807, 2.05) is 37.3 Å². The second-order valence-corrected chi connectivity index (χ2v) is 9.95. The maximum atomic E-state index is 12.9. The predicted octanol–water partition coefficient (Wildman–Crippen LogP) is 3.85. The Morgan fingerprint density at radius 2 is 1.81 bits per heavy atom. The number of benzene rings is 2. The molecule has 0 saturated carbocycles. The van der Waals surface area contributed by atoms with Crippen LogP contribution in [-0.4, -0.2) is 41.5 Å². The zero-order chi connectivity index (χ0) is 22.0. The van der Waals surface area contributed by atoms with E-state index in [1.165, 1.54) is 16.4 Å². The van der Waals surface area contributed by atoms with Crippen molar-refractivity contribution in [1.82, 2.24) is 14.1 Å². The van der Waals surface area contributed by atoms with Gasteiger partial charge in [0.05, 0.1) is 16.3 Å². The number of aromatic nitrogens is 2. The smallest absolute Gasteiger partial charge is 0.256 e. The molecule has 1 aromatic heterocycles. The zero-order valence-electron chi connectivity index (χ0n) is 17.7. The summed E-state index contributed by atoms with van der Waals surface area (Å²) < 4.78 is 29.1. The molecule has 1 atom stereocenters. The normalized spacial score (nSPS) is 17.4. The van der Waals surface area contributed by atoms with Gasteiger partial charge in [0, 0.05) is 24.7 Å². The predicted molar refractivity (Wildman–Crippen MR) is 120 cm³/mol. The van der Waals surface area contributed by atoms with Gasteiger partial charge in [0.1, 0.15) is 5.82 Å². The molecule has 1 aliphatic rings. The Morgan fingerprint density at radius 1 is 1.10 bits per heavy atom. The highest BCUT2D eigenvalue weighted by Crippen LogP contribution is 2.24. The van der Waals surface area contributed by atoms with Gasteiger partial charge in [0.2, 0.25) is 10.0 Å². The minimum absolute atomic E-state index is 0.211. The van der Waals surface area contributed by atoms with Crippen molar-refractivity contribution >= 4 is 21.7 Å². The number of hydrogen-bond donors (Lipinski definition) is 1. The van der Waals surface area contributed by atoms with Crippen LogP contribution >= 0.6 is 0 Å². The molecule has 7 nitrogen and oxygen atoms in total. The standard InChI is InChI=1S/C23H26N4O3S/c1-17-7-6-14-26(16-17)31(29,30)21-12-10-19(11-13-21)23(28)24-22-15-18(2)25-27(22)20-8-4-3-5-9-20/h3-5,8-13,15,17H,6-7,14,16H2,1-2H3,(H,24,28). The van der Waals surface area contributed by atoms with Crippen molar-refractivity contribution in [3.8, 4) is 5.69 Å². The number of carbonyl (C=O) groups excluding carboxylic acids is 1. The number of nitrogens with zero attached hydrogens (tertiary/aromatic N) is 3. The van der Waals surface area contributed by atoms with Crippen molar-refractivity contribution in [2.24, 2.45) is 5.92 Å². The number of hydrogen-bond acceptors (Lipinski definition) is 4. The Morgan fingerprint density at radius 3 is 2.48 bits per heavy atom. The third-order valence-corrected chi connectivity index (χ3v) is 7.33. The number of nitrogens with one attached hydrogen (secondary N) is 1. The van der Waals surface area contributed by atoms with Crippen LogP contribution in [0.2, 0.25) is 0 Å². The largest absolute Gasteiger partial charge is 0.306 e. The van der Waals surface area contributed by atoms with E-state index >= 15 is 0 Å². The summed E-state index contributed by atoms with van der Waals surface area (Å²) in [6.45, 7) is 5.00. The Labute approximate surface area is 182 Å². The van der Waals surface area contributed by atoms with E-state index in [9.17, 15) is 13.2 Å². The van der Waals surface area contributed by atoms with Gasteiger partial charge in [-0.05, 0) is 62.1 Å². The number of amides is 1. The van der Waals surface area contributed by atoms with Gasteiger partial charge < -0.3 is 5.32 Å². The molecule has 2 heterocycles. The molecule has 0 bridgehead atoms. The second kappa shape index (κ2) is 8.64. The first kappa shape index (κ1) is 21.3. The number of para-hydroxylation sites is 1. The lowest BCUT2D eigenvalue weighted by Crippen LogP contribution is -2.39. The lowest BCUT2D eigenvalue weighted by molar-refractivity contribution is 0.102. The fraction of sp³-hybridized carbons (Fsp3) is 0.304. The van der Waals surface area contributed by atoms with Gasteiger partial charge in [-0.1, -0.05) is 25.1 Å². The molecule has 4 rings (SSSR count). The Kier molecular flexibility index (Phi) is 5.93. The quantitative estimate of drug-likeness (QED) is 0.656. The summed E-state index contributed by atoms with van der Waals surface area (Å²) in [4.78, 5) is 13.0. The second-order valence-electron chi connectivity index (χ2n) is 8.01. The molecule has 3 aromatic rings. The molecule has 1 fully saturated rings. The third-order valence-electron chi connectivity index (χ3n) is 5.45. The summed E-state index contributed by atoms with van der Waals surface area (Å²) >= 11 is 0. The Hall–Kier alpha value is -2.97. The average molecular weight is 439 g/mol. The molecule has 1 aliphatic heterocycles. The fourth-order valence-corrected chi connectivity index (χ4v) is 5.43. The average Bonchev–Trinajstić information content (AvgIpc) is 3.14. The lowest BCUT2D eigenvalue weighted by Gasteiger charge is -2.30. The molecule has 1 N–H and O–H groups in total. The van der Waals surface area contributed by atoms with Crippen molar-refractivity contribution in [1.29, 1.82) is 0 Å². The van der Waals surface area contributed by atoms with Crippen LogP contribution < -0.4 is 5.32 Å². The monoisotopic (exact) mass is 438 g/mol. The molecule has 1 amide bonds. The Bertz CT molecular complexity index is 1170. The van der Waals surface area contributed by atoms with E-state index in [0.29, 0.717) is 30.4 Å². The topological polar surface area (TPSA) is 84.3 Å². The van der Waals surface area contributed by atoms with Crippen LogP contribution in [0.15, 0.2) is 65.6 Å². The lowest BCUT2D eigenvalue weighted by atomic mass is 10.0. The third kappa shape index (κ3) is 4.55. The zero-order valence-corrected chi connectivity index (χ0v) is 18.5. The highest BCUT2D eigenvalue weighted by atomic mass is 32.2. The van der Waals surface area contributed by atoms with Crippen molar-refractivity contribution in [3.63, 3.8) is 0 Å². The molecule has 162 valence electrons. The van der Waals surface area contributed by atoms with Gasteiger partial charge in [-0.15, -0.1) is 0 Å². The van der Waals surface area contributed by atoms with E-state index in [1.54, 1.807) is 22.9 Å². The van der Waals surface area contributed by atoms with E-state index < -0.39 is 10.0 Å². The molecular formula is C23H26N4O3S. The molecule has 2 aromatic carbocycles. The minimum atomic E-state index is -3.55. The maximum absolute atomic E-state index is 12.9. The molecule has 1 unspecified atom stereocenters. The van der Waals surface area contributed by atoms with Gasteiger partial charge >= 0.3 is 0 Å². The summed E-state index contributed by atoms with van der Waals surface area (Å²) in [6, 6.07) is 17.4. The maximum Gasteiger partial charge on any atom is 0.256 e. The number of carbonyl (C=O) groups is 1. The molecule has 0 spiro atoms. The fourth-order valence-electron chi connectivity index (χ4n) is 3.83. The number of anilines is 1. The van der Waals surface area contributed by atoms with E-state index in [0.717, 1.165) is 24.2 Å². The highest BCUT2D eigenvalue weighted by molar-refractivity contribution is 7.89. The van der Waals surface area contributed by atoms with Crippen LogP contribution in [0.5, 0.6) is 0 Å². The molecule has 31 heavy (non-hydrogen) atoms. The number of piperidine rings is 1. The molecule has 8 heteroatoms. The van der Waals surface area contributed by atoms with Crippen molar-refractivity contribution in [2.75, 3.05) is 18.4 Å². The van der Waals surface area contributed by atoms with E-state index in [2.05, 4.69) is 17.3 Å². The van der Waals surface area contributed by atoms with Crippen molar-refractivity contribution < 1.29 is 13.2 Å². The van der Waals surface area contributed by atoms with Gasteiger partial charge in [-0.2, -0.15) is 9.40 Å². The molecular weight excluding hydrogens is 412 g/mol. The summed E-state index contributed by atoms with van der Waals surface area (Å²) in [5.41, 5.74) is 1.99. The van der Waals surface area contributed by atoms with E-state index in [-0.39, 0.29) is 10.8 Å². The van der Waals surface area contributed by atoms with Crippen LogP contribution in [0.25, 0.3) is 5.69 Å². The summed E-state index contributed by atoms with van der Waals surface area (Å²) in [5.74, 6) is 0.576. The minimum Gasteiger partial charge on any atom is -0.306 e. The van der Waals surface area contributed by atoms with E-state index in [4.69, 9.17) is 0 Å². The first-order valence-electron chi connectivity index (χ1n) is 10.4. The first-order chi connectivity index (χ1) is 14.8. The van der Waals surface area contributed by atoms with Crippen LogP contribution in [-0.2, 0) is 10.0 Å². The highest BCUT2D eigenvalue weighted by Gasteiger charge is 2.28. The summed E-state index contributed by atoms with van der Waals surface area (Å²) in [6.07, 6.45) is 1.92. The van der Waals surface area contributed by atoms with Crippen molar-refractivity contribution in [2.45, 2.75) is 31.6 Å². The van der Waals surface area contributed by atoms with Crippen molar-refractivity contribution in [3.05, 3.63) is 71.9 Å². The van der Waals surface area contributed by atoms with Crippen LogP contribution in [0.4, 0.5) is 5.82 Å². The van der Waals surface area contributed by atoms with Crippen LogP contribution in [0.1, 0.15) is 35.8 Å². The molecule has 1 saturated heterocycles. The number of aryl methyl sites for hydroxylation is 1. The summed E-state index contributed by atoms with van der Waals surface area (Å²) in [7, 11) is -3.55. The van der Waals surface area contributed by atoms with Gasteiger partial charge in [-0.25, -0.2) is 13.1 Å². The molecule has 0 aliphatic carbocycles. The molecule has 0 radical (unpaired) electrons. The van der Waals surface area contributed by atoms with Gasteiger partial charge in [-0.3, -0.25) is 4.79 Å².